The molecule has 25 heavy (non-hydrogen) atoms. The molecule has 2 rings (SSSR count). The third-order valence-corrected chi connectivity index (χ3v) is 3.70. The van der Waals surface area contributed by atoms with Crippen LogP contribution < -0.4 is 15.5 Å². The van der Waals surface area contributed by atoms with Gasteiger partial charge in [0.2, 0.25) is 0 Å². The summed E-state index contributed by atoms with van der Waals surface area (Å²) in [4.78, 5) is 23.7. The van der Waals surface area contributed by atoms with Gasteiger partial charge in [-0.2, -0.15) is 5.10 Å². The second-order valence-corrected chi connectivity index (χ2v) is 5.57. The summed E-state index contributed by atoms with van der Waals surface area (Å²) in [5, 5.41) is 6.96. The molecule has 8 heteroatoms. The topological polar surface area (TPSA) is 79.8 Å². The highest BCUT2D eigenvalue weighted by molar-refractivity contribution is 6.42. The molecule has 2 amide bonds. The summed E-state index contributed by atoms with van der Waals surface area (Å²) in [6.07, 6.45) is 1.35. The zero-order valence-electron chi connectivity index (χ0n) is 13.3. The number of para-hydroxylation sites is 2. The smallest absolute Gasteiger partial charge is 0.329 e. The number of ether oxygens (including phenoxy) is 1. The highest BCUT2D eigenvalue weighted by Crippen LogP contribution is 2.23. The predicted octanol–water partition coefficient (Wildman–Crippen LogP) is 3.48. The highest BCUT2D eigenvalue weighted by Gasteiger charge is 2.15. The molecule has 0 heterocycles. The van der Waals surface area contributed by atoms with E-state index in [1.54, 1.807) is 42.5 Å². The van der Waals surface area contributed by atoms with E-state index in [1.807, 2.05) is 6.92 Å². The molecular formula is C17H15Cl2N3O3. The lowest BCUT2D eigenvalue weighted by atomic mass is 10.2. The number of anilines is 1. The second-order valence-electron chi connectivity index (χ2n) is 4.76. The van der Waals surface area contributed by atoms with E-state index in [-0.39, 0.29) is 0 Å². The Hall–Kier alpha value is -2.57. The number of rotatable bonds is 5. The predicted molar refractivity (Wildman–Crippen MR) is 98.4 cm³/mol. The average molecular weight is 380 g/mol. The maximum absolute atomic E-state index is 11.9. The number of carbonyl (C=O) groups is 2. The Balaban J connectivity index is 1.95. The fourth-order valence-corrected chi connectivity index (χ4v) is 2.15. The van der Waals surface area contributed by atoms with E-state index < -0.39 is 11.8 Å². The van der Waals surface area contributed by atoms with Gasteiger partial charge in [0.05, 0.1) is 28.6 Å². The second kappa shape index (κ2) is 9.05. The van der Waals surface area contributed by atoms with Crippen molar-refractivity contribution in [2.75, 3.05) is 11.9 Å². The Morgan fingerprint density at radius 3 is 2.60 bits per heavy atom. The number of benzene rings is 2. The molecule has 0 fully saturated rings. The first kappa shape index (κ1) is 18.8. The lowest BCUT2D eigenvalue weighted by Gasteiger charge is -2.10. The standard InChI is InChI=1S/C17H15Cl2N3O3/c1-2-25-15-6-4-3-5-14(15)21-16(23)17(24)22-20-10-11-7-8-12(18)13(19)9-11/h3-10H,2H2,1H3,(H,21,23)(H,22,24)/b20-10+. The van der Waals surface area contributed by atoms with Crippen LogP contribution in [-0.4, -0.2) is 24.6 Å². The fourth-order valence-electron chi connectivity index (χ4n) is 1.84. The van der Waals surface area contributed by atoms with Crippen LogP contribution in [0.2, 0.25) is 10.0 Å². The van der Waals surface area contributed by atoms with E-state index in [2.05, 4.69) is 15.8 Å². The minimum absolute atomic E-state index is 0.363. The molecule has 0 unspecified atom stereocenters. The van der Waals surface area contributed by atoms with Gasteiger partial charge in [-0.15, -0.1) is 0 Å². The van der Waals surface area contributed by atoms with Crippen LogP contribution in [0.4, 0.5) is 5.69 Å². The third-order valence-electron chi connectivity index (χ3n) is 2.96. The third kappa shape index (κ3) is 5.48. The Labute approximate surface area is 154 Å². The molecule has 0 aliphatic carbocycles. The number of nitrogens with zero attached hydrogens (tertiary/aromatic N) is 1. The minimum atomic E-state index is -0.914. The lowest BCUT2D eigenvalue weighted by Crippen LogP contribution is -2.32. The van der Waals surface area contributed by atoms with Crippen molar-refractivity contribution in [1.29, 1.82) is 0 Å². The number of nitrogens with one attached hydrogen (secondary N) is 2. The maximum Gasteiger partial charge on any atom is 0.329 e. The SMILES string of the molecule is CCOc1ccccc1NC(=O)C(=O)N/N=C/c1ccc(Cl)c(Cl)c1. The molecule has 2 aromatic rings. The van der Waals surface area contributed by atoms with Gasteiger partial charge in [0.15, 0.2) is 0 Å². The van der Waals surface area contributed by atoms with Gasteiger partial charge >= 0.3 is 11.8 Å². The molecule has 0 spiro atoms. The van der Waals surface area contributed by atoms with Crippen molar-refractivity contribution in [3.8, 4) is 5.75 Å². The lowest BCUT2D eigenvalue weighted by molar-refractivity contribution is -0.136. The molecule has 0 saturated heterocycles. The molecule has 2 N–H and O–H groups in total. The first-order valence-electron chi connectivity index (χ1n) is 7.32. The van der Waals surface area contributed by atoms with Crippen LogP contribution in [-0.2, 0) is 9.59 Å². The largest absolute Gasteiger partial charge is 0.492 e. The first-order chi connectivity index (χ1) is 12.0. The Bertz CT molecular complexity index is 809. The molecule has 0 bridgehead atoms. The van der Waals surface area contributed by atoms with Crippen molar-refractivity contribution >= 4 is 46.9 Å². The number of halogens is 2. The fraction of sp³-hybridized carbons (Fsp3) is 0.118. The summed E-state index contributed by atoms with van der Waals surface area (Å²) in [6.45, 7) is 2.26. The molecule has 0 aliphatic heterocycles. The van der Waals surface area contributed by atoms with E-state index in [9.17, 15) is 9.59 Å². The van der Waals surface area contributed by atoms with Gasteiger partial charge in [0.1, 0.15) is 5.75 Å². The monoisotopic (exact) mass is 379 g/mol. The maximum atomic E-state index is 11.9. The van der Waals surface area contributed by atoms with Crippen LogP contribution in [0.3, 0.4) is 0 Å². The van der Waals surface area contributed by atoms with Crippen molar-refractivity contribution < 1.29 is 14.3 Å². The van der Waals surface area contributed by atoms with Crippen molar-refractivity contribution in [2.24, 2.45) is 5.10 Å². The molecule has 130 valence electrons. The van der Waals surface area contributed by atoms with Crippen LogP contribution in [0.1, 0.15) is 12.5 Å². The summed E-state index contributed by atoms with van der Waals surface area (Å²) in [5.74, 6) is -1.30. The quantitative estimate of drug-likeness (QED) is 0.474. The number of hydrazone groups is 1. The first-order valence-corrected chi connectivity index (χ1v) is 8.08. The minimum Gasteiger partial charge on any atom is -0.492 e. The van der Waals surface area contributed by atoms with E-state index in [0.717, 1.165) is 0 Å². The average Bonchev–Trinajstić information content (AvgIpc) is 2.60. The highest BCUT2D eigenvalue weighted by atomic mass is 35.5. The van der Waals surface area contributed by atoms with Crippen molar-refractivity contribution in [3.05, 3.63) is 58.1 Å². The zero-order valence-corrected chi connectivity index (χ0v) is 14.8. The Morgan fingerprint density at radius 2 is 1.88 bits per heavy atom. The summed E-state index contributed by atoms with van der Waals surface area (Å²) in [7, 11) is 0. The normalized spacial score (nSPS) is 10.5. The molecule has 6 nitrogen and oxygen atoms in total. The van der Waals surface area contributed by atoms with E-state index in [0.29, 0.717) is 33.7 Å². The number of carbonyl (C=O) groups excluding carboxylic acids is 2. The van der Waals surface area contributed by atoms with Crippen LogP contribution in [0, 0.1) is 0 Å². The van der Waals surface area contributed by atoms with Gasteiger partial charge in [-0.25, -0.2) is 5.43 Å². The number of hydrogen-bond donors (Lipinski definition) is 2. The van der Waals surface area contributed by atoms with Gasteiger partial charge in [-0.3, -0.25) is 9.59 Å². The molecule has 0 aromatic heterocycles. The van der Waals surface area contributed by atoms with Crippen LogP contribution in [0.15, 0.2) is 47.6 Å². The molecule has 0 saturated carbocycles. The van der Waals surface area contributed by atoms with E-state index in [4.69, 9.17) is 27.9 Å². The number of hydrogen-bond acceptors (Lipinski definition) is 4. The molecule has 2 aromatic carbocycles. The van der Waals surface area contributed by atoms with E-state index >= 15 is 0 Å². The summed E-state index contributed by atoms with van der Waals surface area (Å²) >= 11 is 11.7. The summed E-state index contributed by atoms with van der Waals surface area (Å²) in [6, 6.07) is 11.7. The molecule has 0 atom stereocenters. The Kier molecular flexibility index (Phi) is 6.80. The van der Waals surface area contributed by atoms with Gasteiger partial charge in [0.25, 0.3) is 0 Å². The summed E-state index contributed by atoms with van der Waals surface area (Å²) in [5.41, 5.74) is 3.16. The summed E-state index contributed by atoms with van der Waals surface area (Å²) < 4.78 is 5.38. The van der Waals surface area contributed by atoms with Gasteiger partial charge in [0, 0.05) is 0 Å². The Morgan fingerprint density at radius 1 is 1.12 bits per heavy atom. The molecule has 0 radical (unpaired) electrons. The van der Waals surface area contributed by atoms with Gasteiger partial charge in [-0.1, -0.05) is 41.4 Å². The van der Waals surface area contributed by atoms with Crippen molar-refractivity contribution in [1.82, 2.24) is 5.43 Å². The molecule has 0 aliphatic rings. The van der Waals surface area contributed by atoms with Gasteiger partial charge in [-0.05, 0) is 36.8 Å². The zero-order chi connectivity index (χ0) is 18.2. The van der Waals surface area contributed by atoms with E-state index in [1.165, 1.54) is 6.21 Å². The number of amides is 2. The van der Waals surface area contributed by atoms with Gasteiger partial charge < -0.3 is 10.1 Å². The van der Waals surface area contributed by atoms with Crippen LogP contribution >= 0.6 is 23.2 Å². The molecular weight excluding hydrogens is 365 g/mol. The van der Waals surface area contributed by atoms with Crippen molar-refractivity contribution in [2.45, 2.75) is 6.92 Å². The van der Waals surface area contributed by atoms with Crippen molar-refractivity contribution in [3.63, 3.8) is 0 Å². The van der Waals surface area contributed by atoms with Crippen LogP contribution in [0.5, 0.6) is 5.75 Å². The van der Waals surface area contributed by atoms with Crippen LogP contribution in [0.25, 0.3) is 0 Å².